The molecule has 1 aromatic rings. The van der Waals surface area contributed by atoms with E-state index in [9.17, 15) is 9.18 Å². The Labute approximate surface area is 75.2 Å². The summed E-state index contributed by atoms with van der Waals surface area (Å²) in [6.45, 7) is 1.66. The summed E-state index contributed by atoms with van der Waals surface area (Å²) in [5.41, 5.74) is 0.613. The van der Waals surface area contributed by atoms with Gasteiger partial charge in [-0.15, -0.1) is 0 Å². The maximum Gasteiger partial charge on any atom is 0.405 e. The first-order chi connectivity index (χ1) is 6.09. The minimum absolute atomic E-state index is 0.364. The highest BCUT2D eigenvalue weighted by molar-refractivity contribution is 5.65. The topological polar surface area (TPSA) is 49.3 Å². The quantitative estimate of drug-likeness (QED) is 0.738. The van der Waals surface area contributed by atoms with Gasteiger partial charge in [0, 0.05) is 0 Å². The highest BCUT2D eigenvalue weighted by atomic mass is 19.1. The third-order valence-electron chi connectivity index (χ3n) is 1.69. The summed E-state index contributed by atoms with van der Waals surface area (Å²) in [6.07, 6.45) is -1.11. The van der Waals surface area contributed by atoms with Crippen molar-refractivity contribution in [2.45, 2.75) is 13.0 Å². The average molecular weight is 183 g/mol. The molecule has 0 aliphatic heterocycles. The van der Waals surface area contributed by atoms with Gasteiger partial charge >= 0.3 is 6.09 Å². The molecule has 1 rings (SSSR count). The molecule has 0 aliphatic carbocycles. The Bertz CT molecular complexity index is 314. The summed E-state index contributed by atoms with van der Waals surface area (Å²) >= 11 is 0. The van der Waals surface area contributed by atoms with Crippen molar-refractivity contribution in [2.24, 2.45) is 0 Å². The third-order valence-corrected chi connectivity index (χ3v) is 1.69. The first kappa shape index (κ1) is 9.51. The Morgan fingerprint density at radius 2 is 2.31 bits per heavy atom. The molecular formula is C9H10FNO2. The van der Waals surface area contributed by atoms with Crippen LogP contribution in [0.1, 0.15) is 18.5 Å². The van der Waals surface area contributed by atoms with Crippen LogP contribution in [0.4, 0.5) is 9.18 Å². The predicted molar refractivity (Wildman–Crippen MR) is 46.0 cm³/mol. The maximum atomic E-state index is 12.7. The summed E-state index contributed by atoms with van der Waals surface area (Å²) < 4.78 is 12.7. The van der Waals surface area contributed by atoms with Gasteiger partial charge < -0.3 is 10.4 Å². The number of amides is 1. The molecule has 70 valence electrons. The second-order valence-corrected chi connectivity index (χ2v) is 2.73. The molecule has 1 unspecified atom stereocenters. The summed E-state index contributed by atoms with van der Waals surface area (Å²) in [6, 6.07) is 5.44. The first-order valence-electron chi connectivity index (χ1n) is 3.84. The van der Waals surface area contributed by atoms with Gasteiger partial charge in [0.1, 0.15) is 5.82 Å². The van der Waals surface area contributed by atoms with Crippen molar-refractivity contribution < 1.29 is 14.3 Å². The van der Waals surface area contributed by atoms with Crippen LogP contribution in [0.2, 0.25) is 0 Å². The van der Waals surface area contributed by atoms with Crippen LogP contribution in [0.15, 0.2) is 24.3 Å². The van der Waals surface area contributed by atoms with Crippen LogP contribution in [0.25, 0.3) is 0 Å². The van der Waals surface area contributed by atoms with Crippen LogP contribution in [-0.2, 0) is 0 Å². The van der Waals surface area contributed by atoms with E-state index in [-0.39, 0.29) is 5.82 Å². The smallest absolute Gasteiger partial charge is 0.405 e. The van der Waals surface area contributed by atoms with E-state index in [0.29, 0.717) is 5.56 Å². The fourth-order valence-electron chi connectivity index (χ4n) is 1.04. The SMILES string of the molecule is CC(NC(=O)O)c1cccc(F)c1. The molecule has 13 heavy (non-hydrogen) atoms. The molecule has 0 bridgehead atoms. The van der Waals surface area contributed by atoms with Crippen LogP contribution >= 0.6 is 0 Å². The largest absolute Gasteiger partial charge is 0.465 e. The van der Waals surface area contributed by atoms with Crippen molar-refractivity contribution in [2.75, 3.05) is 0 Å². The van der Waals surface area contributed by atoms with Crippen molar-refractivity contribution in [1.29, 1.82) is 0 Å². The van der Waals surface area contributed by atoms with E-state index in [2.05, 4.69) is 5.32 Å². The summed E-state index contributed by atoms with van der Waals surface area (Å²) in [5, 5.41) is 10.6. The third kappa shape index (κ3) is 2.74. The van der Waals surface area contributed by atoms with E-state index < -0.39 is 12.1 Å². The van der Waals surface area contributed by atoms with Crippen LogP contribution < -0.4 is 5.32 Å². The van der Waals surface area contributed by atoms with E-state index >= 15 is 0 Å². The Balaban J connectivity index is 2.76. The first-order valence-corrected chi connectivity index (χ1v) is 3.84. The zero-order valence-corrected chi connectivity index (χ0v) is 7.12. The molecule has 0 fully saturated rings. The molecule has 0 aromatic heterocycles. The van der Waals surface area contributed by atoms with Gasteiger partial charge in [-0.05, 0) is 24.6 Å². The second-order valence-electron chi connectivity index (χ2n) is 2.73. The van der Waals surface area contributed by atoms with Gasteiger partial charge in [0.05, 0.1) is 6.04 Å². The molecule has 0 aliphatic rings. The number of hydrogen-bond donors (Lipinski definition) is 2. The van der Waals surface area contributed by atoms with Crippen molar-refractivity contribution in [1.82, 2.24) is 5.32 Å². The zero-order chi connectivity index (χ0) is 9.84. The molecule has 2 N–H and O–H groups in total. The van der Waals surface area contributed by atoms with Gasteiger partial charge in [-0.2, -0.15) is 0 Å². The zero-order valence-electron chi connectivity index (χ0n) is 7.12. The molecule has 1 aromatic carbocycles. The number of benzene rings is 1. The van der Waals surface area contributed by atoms with E-state index in [1.54, 1.807) is 19.1 Å². The Morgan fingerprint density at radius 3 is 2.85 bits per heavy atom. The van der Waals surface area contributed by atoms with E-state index in [1.807, 2.05) is 0 Å². The lowest BCUT2D eigenvalue weighted by molar-refractivity contribution is 0.191. The van der Waals surface area contributed by atoms with Crippen molar-refractivity contribution >= 4 is 6.09 Å². The van der Waals surface area contributed by atoms with Gasteiger partial charge in [0.2, 0.25) is 0 Å². The normalized spacial score (nSPS) is 12.2. The molecule has 0 saturated heterocycles. The fraction of sp³-hybridized carbons (Fsp3) is 0.222. The van der Waals surface area contributed by atoms with Crippen molar-refractivity contribution in [3.63, 3.8) is 0 Å². The predicted octanol–water partition coefficient (Wildman–Crippen LogP) is 2.15. The molecule has 0 radical (unpaired) electrons. The number of carbonyl (C=O) groups is 1. The van der Waals surface area contributed by atoms with Crippen LogP contribution in [0.3, 0.4) is 0 Å². The lowest BCUT2D eigenvalue weighted by atomic mass is 10.1. The number of rotatable bonds is 2. The minimum Gasteiger partial charge on any atom is -0.465 e. The molecule has 0 heterocycles. The highest BCUT2D eigenvalue weighted by Gasteiger charge is 2.07. The molecule has 3 nitrogen and oxygen atoms in total. The van der Waals surface area contributed by atoms with Gasteiger partial charge in [0.25, 0.3) is 0 Å². The number of hydrogen-bond acceptors (Lipinski definition) is 1. The van der Waals surface area contributed by atoms with Crippen molar-refractivity contribution in [3.8, 4) is 0 Å². The van der Waals surface area contributed by atoms with E-state index in [0.717, 1.165) is 0 Å². The minimum atomic E-state index is -1.11. The van der Waals surface area contributed by atoms with Crippen molar-refractivity contribution in [3.05, 3.63) is 35.6 Å². The number of halogens is 1. The Hall–Kier alpha value is -1.58. The lowest BCUT2D eigenvalue weighted by Crippen LogP contribution is -2.24. The van der Waals surface area contributed by atoms with Gasteiger partial charge in [-0.25, -0.2) is 9.18 Å². The summed E-state index contributed by atoms with van der Waals surface area (Å²) in [5.74, 6) is -0.364. The highest BCUT2D eigenvalue weighted by Crippen LogP contribution is 2.12. The van der Waals surface area contributed by atoms with Gasteiger partial charge in [-0.3, -0.25) is 0 Å². The molecule has 4 heteroatoms. The second kappa shape index (κ2) is 3.89. The molecule has 1 amide bonds. The van der Waals surface area contributed by atoms with Crippen LogP contribution in [0, 0.1) is 5.82 Å². The number of nitrogens with one attached hydrogen (secondary N) is 1. The summed E-state index contributed by atoms with van der Waals surface area (Å²) in [4.78, 5) is 10.3. The summed E-state index contributed by atoms with van der Waals surface area (Å²) in [7, 11) is 0. The fourth-order valence-corrected chi connectivity index (χ4v) is 1.04. The van der Waals surface area contributed by atoms with E-state index in [1.165, 1.54) is 12.1 Å². The molecule has 0 spiro atoms. The molecular weight excluding hydrogens is 173 g/mol. The van der Waals surface area contributed by atoms with Gasteiger partial charge in [-0.1, -0.05) is 12.1 Å². The van der Waals surface area contributed by atoms with Crippen LogP contribution in [0.5, 0.6) is 0 Å². The maximum absolute atomic E-state index is 12.7. The monoisotopic (exact) mass is 183 g/mol. The van der Waals surface area contributed by atoms with Gasteiger partial charge in [0.15, 0.2) is 0 Å². The lowest BCUT2D eigenvalue weighted by Gasteiger charge is -2.11. The Kier molecular flexibility index (Phi) is 2.84. The average Bonchev–Trinajstić information content (AvgIpc) is 2.03. The van der Waals surface area contributed by atoms with E-state index in [4.69, 9.17) is 5.11 Å². The number of carboxylic acid groups (broad SMARTS) is 1. The molecule has 1 atom stereocenters. The standard InChI is InChI=1S/C9H10FNO2/c1-6(11-9(12)13)7-3-2-4-8(10)5-7/h2-6,11H,1H3,(H,12,13). The Morgan fingerprint density at radius 1 is 1.62 bits per heavy atom. The van der Waals surface area contributed by atoms with Crippen LogP contribution in [-0.4, -0.2) is 11.2 Å². The molecule has 0 saturated carbocycles.